The molecule has 0 saturated heterocycles. The molecule has 0 spiro atoms. The highest BCUT2D eigenvalue weighted by Gasteiger charge is 2.28. The van der Waals surface area contributed by atoms with Gasteiger partial charge in [-0.05, 0) is 55.0 Å². The molecule has 0 unspecified atom stereocenters. The van der Waals surface area contributed by atoms with Crippen molar-refractivity contribution < 1.29 is 14.6 Å². The summed E-state index contributed by atoms with van der Waals surface area (Å²) in [5.74, 6) is -0.367. The van der Waals surface area contributed by atoms with Gasteiger partial charge in [0.2, 0.25) is 0 Å². The molecular weight excluding hydrogens is 437 g/mol. The van der Waals surface area contributed by atoms with Crippen molar-refractivity contribution in [2.75, 3.05) is 7.11 Å². The maximum atomic E-state index is 12.3. The molecule has 2 aromatic heterocycles. The maximum absolute atomic E-state index is 12.3. The molecule has 6 nitrogen and oxygen atoms in total. The number of carbonyl (C=O) groups is 1. The zero-order valence-electron chi connectivity index (χ0n) is 16.6. The zero-order valence-corrected chi connectivity index (χ0v) is 18.1. The molecule has 0 amide bonds. The Labute approximate surface area is 188 Å². The number of aryl methyl sites for hydroxylation is 1. The number of ether oxygens (including phenoxy) is 1. The molecule has 156 valence electrons. The molecule has 8 heteroatoms. The summed E-state index contributed by atoms with van der Waals surface area (Å²) in [6, 6.07) is 15.8. The highest BCUT2D eigenvalue weighted by Crippen LogP contribution is 2.40. The Morgan fingerprint density at radius 2 is 1.81 bits per heavy atom. The summed E-state index contributed by atoms with van der Waals surface area (Å²) in [4.78, 5) is 21.1. The third-order valence-electron chi connectivity index (χ3n) is 4.80. The van der Waals surface area contributed by atoms with E-state index in [9.17, 15) is 9.90 Å². The molecule has 0 bridgehead atoms. The summed E-state index contributed by atoms with van der Waals surface area (Å²) >= 11 is 12.6. The van der Waals surface area contributed by atoms with E-state index >= 15 is 0 Å². The van der Waals surface area contributed by atoms with Crippen LogP contribution in [0, 0.1) is 6.92 Å². The smallest absolute Gasteiger partial charge is 0.356 e. The molecular formula is C23H17Cl2N3O3. The molecule has 1 N–H and O–H groups in total. The van der Waals surface area contributed by atoms with Crippen molar-refractivity contribution >= 4 is 29.2 Å². The first-order valence-corrected chi connectivity index (χ1v) is 10.0. The van der Waals surface area contributed by atoms with Crippen LogP contribution in [-0.4, -0.2) is 32.7 Å². The quantitative estimate of drug-likeness (QED) is 0.405. The monoisotopic (exact) mass is 453 g/mol. The standard InChI is InChI=1S/C23H17Cl2N3O3/c1-13-6-7-15(25)12-18(13)28-21(16-11-14(24)8-9-19(16)31-2)20(23(29)30)27-22(28)17-5-3-4-10-26-17/h3-12H,1-2H3,(H,29,30). The number of rotatable bonds is 5. The molecule has 2 aromatic carbocycles. The van der Waals surface area contributed by atoms with E-state index < -0.39 is 5.97 Å². The average Bonchev–Trinajstić information content (AvgIpc) is 3.16. The fourth-order valence-electron chi connectivity index (χ4n) is 3.41. The van der Waals surface area contributed by atoms with Crippen molar-refractivity contribution in [3.63, 3.8) is 0 Å². The van der Waals surface area contributed by atoms with Crippen molar-refractivity contribution in [2.24, 2.45) is 0 Å². The Morgan fingerprint density at radius 1 is 1.06 bits per heavy atom. The number of hydrogen-bond donors (Lipinski definition) is 1. The molecule has 0 radical (unpaired) electrons. The molecule has 4 aromatic rings. The van der Waals surface area contributed by atoms with Gasteiger partial charge in [0.1, 0.15) is 11.4 Å². The van der Waals surface area contributed by atoms with Crippen LogP contribution in [0.1, 0.15) is 16.1 Å². The second kappa shape index (κ2) is 8.41. The number of hydrogen-bond acceptors (Lipinski definition) is 4. The highest BCUT2D eigenvalue weighted by atomic mass is 35.5. The largest absolute Gasteiger partial charge is 0.496 e. The first-order valence-electron chi connectivity index (χ1n) is 9.28. The molecule has 31 heavy (non-hydrogen) atoms. The molecule has 0 aliphatic rings. The van der Waals surface area contributed by atoms with Gasteiger partial charge in [-0.25, -0.2) is 9.78 Å². The Hall–Kier alpha value is -3.35. The van der Waals surface area contributed by atoms with Crippen LogP contribution < -0.4 is 4.74 Å². The van der Waals surface area contributed by atoms with Crippen molar-refractivity contribution in [2.45, 2.75) is 6.92 Å². The topological polar surface area (TPSA) is 77.2 Å². The second-order valence-corrected chi connectivity index (χ2v) is 7.64. The van der Waals surface area contributed by atoms with Crippen molar-refractivity contribution in [1.82, 2.24) is 14.5 Å². The van der Waals surface area contributed by atoms with Gasteiger partial charge in [0.05, 0.1) is 18.5 Å². The second-order valence-electron chi connectivity index (χ2n) is 6.76. The normalized spacial score (nSPS) is 10.8. The Balaban J connectivity index is 2.19. The molecule has 2 heterocycles. The lowest BCUT2D eigenvalue weighted by atomic mass is 10.1. The number of carboxylic acids is 1. The molecule has 0 saturated carbocycles. The molecule has 0 aliphatic heterocycles. The predicted octanol–water partition coefficient (Wildman–Crippen LogP) is 5.92. The lowest BCUT2D eigenvalue weighted by Gasteiger charge is -2.17. The number of pyridine rings is 1. The molecule has 0 atom stereocenters. The van der Waals surface area contributed by atoms with Gasteiger partial charge in [-0.2, -0.15) is 0 Å². The predicted molar refractivity (Wildman–Crippen MR) is 120 cm³/mol. The number of nitrogens with zero attached hydrogens (tertiary/aromatic N) is 3. The van der Waals surface area contributed by atoms with E-state index in [1.165, 1.54) is 7.11 Å². The van der Waals surface area contributed by atoms with Crippen LogP contribution in [-0.2, 0) is 0 Å². The Kier molecular flexibility index (Phi) is 5.67. The van der Waals surface area contributed by atoms with E-state index in [-0.39, 0.29) is 5.69 Å². The lowest BCUT2D eigenvalue weighted by molar-refractivity contribution is 0.0692. The van der Waals surface area contributed by atoms with Gasteiger partial charge >= 0.3 is 5.97 Å². The van der Waals surface area contributed by atoms with Crippen LogP contribution in [0.3, 0.4) is 0 Å². The highest BCUT2D eigenvalue weighted by molar-refractivity contribution is 6.31. The van der Waals surface area contributed by atoms with Crippen LogP contribution in [0.25, 0.3) is 28.5 Å². The van der Waals surface area contributed by atoms with Crippen LogP contribution in [0.4, 0.5) is 0 Å². The van der Waals surface area contributed by atoms with Crippen LogP contribution in [0.2, 0.25) is 10.0 Å². The van der Waals surface area contributed by atoms with Crippen molar-refractivity contribution in [1.29, 1.82) is 0 Å². The maximum Gasteiger partial charge on any atom is 0.356 e. The number of aromatic carboxylic acids is 1. The van der Waals surface area contributed by atoms with E-state index in [0.29, 0.717) is 44.3 Å². The van der Waals surface area contributed by atoms with E-state index in [1.54, 1.807) is 53.2 Å². The minimum absolute atomic E-state index is 0.152. The summed E-state index contributed by atoms with van der Waals surface area (Å²) < 4.78 is 7.25. The van der Waals surface area contributed by atoms with Gasteiger partial charge in [0.15, 0.2) is 11.5 Å². The van der Waals surface area contributed by atoms with Gasteiger partial charge in [-0.3, -0.25) is 9.55 Å². The Morgan fingerprint density at radius 3 is 2.48 bits per heavy atom. The molecule has 0 aliphatic carbocycles. The number of halogens is 2. The summed E-state index contributed by atoms with van der Waals surface area (Å²) in [5.41, 5.74) is 2.71. The minimum atomic E-state index is -1.19. The fourth-order valence-corrected chi connectivity index (χ4v) is 3.75. The van der Waals surface area contributed by atoms with Gasteiger partial charge in [-0.1, -0.05) is 35.3 Å². The first-order chi connectivity index (χ1) is 14.9. The summed E-state index contributed by atoms with van der Waals surface area (Å²) in [6.45, 7) is 1.91. The van der Waals surface area contributed by atoms with Crippen molar-refractivity contribution in [3.05, 3.63) is 82.1 Å². The number of benzene rings is 2. The first kappa shape index (κ1) is 20.9. The van der Waals surface area contributed by atoms with Gasteiger partial charge < -0.3 is 9.84 Å². The van der Waals surface area contributed by atoms with Crippen molar-refractivity contribution in [3.8, 4) is 34.2 Å². The van der Waals surface area contributed by atoms with E-state index in [1.807, 2.05) is 19.1 Å². The molecule has 0 fully saturated rings. The van der Waals surface area contributed by atoms with Gasteiger partial charge in [-0.15, -0.1) is 0 Å². The van der Waals surface area contributed by atoms with Gasteiger partial charge in [0.25, 0.3) is 0 Å². The van der Waals surface area contributed by atoms with E-state index in [0.717, 1.165) is 5.56 Å². The van der Waals surface area contributed by atoms with Gasteiger partial charge in [0, 0.05) is 21.8 Å². The Bertz CT molecular complexity index is 1290. The zero-order chi connectivity index (χ0) is 22.1. The third kappa shape index (κ3) is 3.87. The van der Waals surface area contributed by atoms with Crippen LogP contribution in [0.15, 0.2) is 60.8 Å². The number of methoxy groups -OCH3 is 1. The summed E-state index contributed by atoms with van der Waals surface area (Å²) in [5, 5.41) is 11.0. The minimum Gasteiger partial charge on any atom is -0.496 e. The number of imidazole rings is 1. The number of aromatic nitrogens is 3. The third-order valence-corrected chi connectivity index (χ3v) is 5.27. The van der Waals surface area contributed by atoms with Crippen LogP contribution >= 0.6 is 23.2 Å². The summed E-state index contributed by atoms with van der Waals surface area (Å²) in [7, 11) is 1.51. The number of carboxylic acid groups (broad SMARTS) is 1. The lowest BCUT2D eigenvalue weighted by Crippen LogP contribution is -2.06. The molecule has 4 rings (SSSR count). The summed E-state index contributed by atoms with van der Waals surface area (Å²) in [6.07, 6.45) is 1.62. The van der Waals surface area contributed by atoms with E-state index in [4.69, 9.17) is 27.9 Å². The van der Waals surface area contributed by atoms with E-state index in [2.05, 4.69) is 9.97 Å². The average molecular weight is 454 g/mol. The SMILES string of the molecule is COc1ccc(Cl)cc1-c1c(C(=O)O)nc(-c2ccccn2)n1-c1cc(Cl)ccc1C. The van der Waals surface area contributed by atoms with Crippen LogP contribution in [0.5, 0.6) is 5.75 Å². The fraction of sp³-hybridized carbons (Fsp3) is 0.0870.